The van der Waals surface area contributed by atoms with Crippen molar-refractivity contribution >= 4 is 11.6 Å². The number of likely N-dealkylation sites (tertiary alicyclic amines) is 1. The third-order valence-corrected chi connectivity index (χ3v) is 6.00. The zero-order valence-corrected chi connectivity index (χ0v) is 17.9. The van der Waals surface area contributed by atoms with Crippen LogP contribution >= 0.6 is 0 Å². The molecule has 1 N–H and O–H groups in total. The normalized spacial score (nSPS) is 20.7. The van der Waals surface area contributed by atoms with E-state index in [0.717, 1.165) is 29.6 Å². The summed E-state index contributed by atoms with van der Waals surface area (Å²) in [5.41, 5.74) is 4.48. The SMILES string of the molecule is CC[N+]1(C2(C(=O)Nc3c(C)cc(C)cc3C)CC2)CCCC1.[Y]. The molecule has 1 aromatic carbocycles. The van der Waals surface area contributed by atoms with E-state index < -0.39 is 0 Å². The third kappa shape index (κ3) is 3.17. The molecule has 0 bridgehead atoms. The first kappa shape index (κ1) is 19.1. The number of aryl methyl sites for hydroxylation is 3. The van der Waals surface area contributed by atoms with Gasteiger partial charge in [-0.3, -0.25) is 4.79 Å². The molecule has 1 aliphatic carbocycles. The van der Waals surface area contributed by atoms with Gasteiger partial charge in [-0.1, -0.05) is 17.7 Å². The van der Waals surface area contributed by atoms with Gasteiger partial charge in [0.25, 0.3) is 5.91 Å². The summed E-state index contributed by atoms with van der Waals surface area (Å²) in [5.74, 6) is 0.256. The maximum Gasteiger partial charge on any atom is 0.285 e. The zero-order valence-electron chi connectivity index (χ0n) is 15.0. The molecule has 0 spiro atoms. The average Bonchev–Trinajstić information content (AvgIpc) is 3.15. The van der Waals surface area contributed by atoms with Gasteiger partial charge in [0.15, 0.2) is 5.54 Å². The fraction of sp³-hybridized carbons (Fsp3) is 0.632. The van der Waals surface area contributed by atoms with Gasteiger partial charge in [0.05, 0.1) is 19.6 Å². The van der Waals surface area contributed by atoms with Gasteiger partial charge in [-0.05, 0) is 38.8 Å². The molecule has 1 saturated carbocycles. The molecule has 3 rings (SSSR count). The predicted octanol–water partition coefficient (Wildman–Crippen LogP) is 3.71. The van der Waals surface area contributed by atoms with Crippen LogP contribution in [0.2, 0.25) is 0 Å². The van der Waals surface area contributed by atoms with Crippen LogP contribution in [0.25, 0.3) is 0 Å². The topological polar surface area (TPSA) is 29.1 Å². The predicted molar refractivity (Wildman–Crippen MR) is 91.0 cm³/mol. The number of likely N-dealkylation sites (N-methyl/N-ethyl adjacent to an activating group) is 1. The molecular weight excluding hydrogens is 361 g/mol. The van der Waals surface area contributed by atoms with Gasteiger partial charge < -0.3 is 9.80 Å². The Morgan fingerprint density at radius 1 is 1.13 bits per heavy atom. The number of quaternary nitrogens is 1. The second-order valence-electron chi connectivity index (χ2n) is 7.38. The molecule has 4 heteroatoms. The molecular formula is C19H29N2OY+. The van der Waals surface area contributed by atoms with Crippen molar-refractivity contribution < 1.29 is 42.0 Å². The molecule has 1 aromatic rings. The van der Waals surface area contributed by atoms with Gasteiger partial charge in [-0.25, -0.2) is 0 Å². The Hall–Kier alpha value is -0.246. The largest absolute Gasteiger partial charge is 0.320 e. The van der Waals surface area contributed by atoms with Crippen LogP contribution in [0.5, 0.6) is 0 Å². The van der Waals surface area contributed by atoms with E-state index in [1.165, 1.54) is 42.6 Å². The molecule has 23 heavy (non-hydrogen) atoms. The summed E-state index contributed by atoms with van der Waals surface area (Å²) in [6.45, 7) is 12.0. The Morgan fingerprint density at radius 3 is 2.09 bits per heavy atom. The maximum absolute atomic E-state index is 13.1. The van der Waals surface area contributed by atoms with E-state index in [-0.39, 0.29) is 44.2 Å². The van der Waals surface area contributed by atoms with Crippen molar-refractivity contribution in [1.29, 1.82) is 0 Å². The van der Waals surface area contributed by atoms with E-state index in [1.54, 1.807) is 0 Å². The number of rotatable bonds is 4. The summed E-state index contributed by atoms with van der Waals surface area (Å²) in [4.78, 5) is 13.1. The van der Waals surface area contributed by atoms with Gasteiger partial charge in [0.2, 0.25) is 0 Å². The molecule has 0 aromatic heterocycles. The van der Waals surface area contributed by atoms with Crippen LogP contribution in [0, 0.1) is 20.8 Å². The van der Waals surface area contributed by atoms with Crippen molar-refractivity contribution in [1.82, 2.24) is 0 Å². The Morgan fingerprint density at radius 2 is 1.65 bits per heavy atom. The van der Waals surface area contributed by atoms with Crippen LogP contribution in [0.15, 0.2) is 12.1 Å². The summed E-state index contributed by atoms with van der Waals surface area (Å²) in [6, 6.07) is 4.31. The summed E-state index contributed by atoms with van der Waals surface area (Å²) in [5, 5.41) is 3.29. The molecule has 2 fully saturated rings. The molecule has 1 saturated heterocycles. The minimum absolute atomic E-state index is 0. The van der Waals surface area contributed by atoms with E-state index in [9.17, 15) is 4.79 Å². The van der Waals surface area contributed by atoms with Crippen LogP contribution in [-0.2, 0) is 37.5 Å². The van der Waals surface area contributed by atoms with Crippen molar-refractivity contribution in [2.45, 2.75) is 58.9 Å². The van der Waals surface area contributed by atoms with E-state index in [1.807, 2.05) is 0 Å². The van der Waals surface area contributed by atoms with Crippen molar-refractivity contribution in [2.24, 2.45) is 0 Å². The standard InChI is InChI=1S/C19H28N2O.Y/c1-5-21(10-6-7-11-21)19(8-9-19)18(22)20-17-15(3)12-14(2)13-16(17)4;/h12-13H,5-11H2,1-4H3;/p+1. The van der Waals surface area contributed by atoms with Gasteiger partial charge in [0, 0.05) is 64.1 Å². The van der Waals surface area contributed by atoms with Crippen molar-refractivity contribution in [3.63, 3.8) is 0 Å². The number of hydrogen-bond acceptors (Lipinski definition) is 1. The summed E-state index contributed by atoms with van der Waals surface area (Å²) < 4.78 is 1.02. The summed E-state index contributed by atoms with van der Waals surface area (Å²) in [7, 11) is 0. The molecule has 1 aliphatic heterocycles. The van der Waals surface area contributed by atoms with Crippen molar-refractivity contribution in [2.75, 3.05) is 25.0 Å². The molecule has 1 amide bonds. The fourth-order valence-electron chi connectivity index (χ4n) is 4.63. The Labute approximate surface area is 165 Å². The molecule has 2 aliphatic rings. The first-order valence-electron chi connectivity index (χ1n) is 8.70. The summed E-state index contributed by atoms with van der Waals surface area (Å²) in [6.07, 6.45) is 4.64. The van der Waals surface area contributed by atoms with E-state index in [2.05, 4.69) is 45.1 Å². The second-order valence-corrected chi connectivity index (χ2v) is 7.38. The monoisotopic (exact) mass is 390 g/mol. The number of anilines is 1. The number of nitrogens with one attached hydrogen (secondary N) is 1. The summed E-state index contributed by atoms with van der Waals surface area (Å²) >= 11 is 0. The van der Waals surface area contributed by atoms with Crippen molar-refractivity contribution in [3.8, 4) is 0 Å². The quantitative estimate of drug-likeness (QED) is 0.781. The average molecular weight is 390 g/mol. The zero-order chi connectivity index (χ0) is 16.0. The van der Waals surface area contributed by atoms with E-state index in [0.29, 0.717) is 0 Å². The Kier molecular flexibility index (Phi) is 5.76. The van der Waals surface area contributed by atoms with Gasteiger partial charge in [0.1, 0.15) is 0 Å². The number of amides is 1. The fourth-order valence-corrected chi connectivity index (χ4v) is 4.63. The van der Waals surface area contributed by atoms with Crippen LogP contribution in [-0.4, -0.2) is 35.6 Å². The number of hydrogen-bond donors (Lipinski definition) is 1. The number of carbonyl (C=O) groups excluding carboxylic acids is 1. The Balaban J connectivity index is 0.00000192. The first-order valence-corrected chi connectivity index (χ1v) is 8.70. The molecule has 0 unspecified atom stereocenters. The van der Waals surface area contributed by atoms with Crippen LogP contribution in [0.3, 0.4) is 0 Å². The first-order chi connectivity index (χ1) is 10.4. The second kappa shape index (κ2) is 6.94. The minimum atomic E-state index is -0.144. The van der Waals surface area contributed by atoms with Crippen LogP contribution < -0.4 is 5.32 Å². The van der Waals surface area contributed by atoms with E-state index >= 15 is 0 Å². The van der Waals surface area contributed by atoms with Crippen molar-refractivity contribution in [3.05, 3.63) is 28.8 Å². The number of carbonyl (C=O) groups is 1. The minimum Gasteiger partial charge on any atom is -0.320 e. The van der Waals surface area contributed by atoms with Gasteiger partial charge >= 0.3 is 0 Å². The van der Waals surface area contributed by atoms with E-state index in [4.69, 9.17) is 0 Å². The van der Waals surface area contributed by atoms with Gasteiger partial charge in [-0.15, -0.1) is 0 Å². The smallest absolute Gasteiger partial charge is 0.285 e. The van der Waals surface area contributed by atoms with Crippen LogP contribution in [0.1, 0.15) is 49.3 Å². The molecule has 1 radical (unpaired) electrons. The number of benzene rings is 1. The maximum atomic E-state index is 13.1. The molecule has 1 heterocycles. The van der Waals surface area contributed by atoms with Crippen LogP contribution in [0.4, 0.5) is 5.69 Å². The van der Waals surface area contributed by atoms with Gasteiger partial charge in [-0.2, -0.15) is 0 Å². The third-order valence-electron chi connectivity index (χ3n) is 6.00. The number of nitrogens with zero attached hydrogens (tertiary/aromatic N) is 1. The molecule has 123 valence electrons. The Bertz CT molecular complexity index is 578. The molecule has 0 atom stereocenters. The molecule has 3 nitrogen and oxygen atoms in total.